The summed E-state index contributed by atoms with van der Waals surface area (Å²) < 4.78 is 0. The van der Waals surface area contributed by atoms with Gasteiger partial charge in [-0.15, -0.1) is 0 Å². The van der Waals surface area contributed by atoms with Crippen LogP contribution in [0.15, 0.2) is 54.6 Å². The number of hydrogen-bond acceptors (Lipinski definition) is 3. The molecule has 0 bridgehead atoms. The van der Waals surface area contributed by atoms with Gasteiger partial charge in [0.25, 0.3) is 0 Å². The number of rotatable bonds is 7. The minimum absolute atomic E-state index is 0.154. The molecule has 0 spiro atoms. The molecule has 0 saturated heterocycles. The minimum Gasteiger partial charge on any atom is -0.395 e. The molecule has 2 aromatic rings. The highest BCUT2D eigenvalue weighted by atomic mass is 16.3. The van der Waals surface area contributed by atoms with Crippen LogP contribution in [0.4, 0.5) is 5.69 Å². The van der Waals surface area contributed by atoms with E-state index >= 15 is 0 Å². The molecule has 0 radical (unpaired) electrons. The Hall–Kier alpha value is -1.84. The van der Waals surface area contributed by atoms with Crippen molar-refractivity contribution in [3.63, 3.8) is 0 Å². The van der Waals surface area contributed by atoms with Crippen molar-refractivity contribution in [2.45, 2.75) is 12.5 Å². The third-order valence-electron chi connectivity index (χ3n) is 3.60. The first-order chi connectivity index (χ1) is 10.2. The van der Waals surface area contributed by atoms with E-state index in [1.165, 1.54) is 16.8 Å². The van der Waals surface area contributed by atoms with E-state index < -0.39 is 0 Å². The van der Waals surface area contributed by atoms with Crippen LogP contribution in [-0.2, 0) is 6.42 Å². The summed E-state index contributed by atoms with van der Waals surface area (Å²) in [5.74, 6) is 0. The third kappa shape index (κ3) is 4.59. The summed E-state index contributed by atoms with van der Waals surface area (Å²) in [7, 11) is 4.08. The maximum absolute atomic E-state index is 9.08. The molecule has 3 heteroatoms. The minimum atomic E-state index is 0.154. The molecule has 0 aliphatic rings. The van der Waals surface area contributed by atoms with Gasteiger partial charge in [0.15, 0.2) is 0 Å². The van der Waals surface area contributed by atoms with Gasteiger partial charge < -0.3 is 15.3 Å². The summed E-state index contributed by atoms with van der Waals surface area (Å²) >= 11 is 0. The quantitative estimate of drug-likeness (QED) is 0.820. The van der Waals surface area contributed by atoms with Gasteiger partial charge in [-0.1, -0.05) is 42.5 Å². The van der Waals surface area contributed by atoms with Gasteiger partial charge in [0.2, 0.25) is 0 Å². The monoisotopic (exact) mass is 284 g/mol. The van der Waals surface area contributed by atoms with Crippen molar-refractivity contribution in [1.82, 2.24) is 5.32 Å². The van der Waals surface area contributed by atoms with Crippen molar-refractivity contribution in [1.29, 1.82) is 0 Å². The molecule has 2 rings (SSSR count). The second-order valence-corrected chi connectivity index (χ2v) is 5.41. The van der Waals surface area contributed by atoms with Crippen molar-refractivity contribution >= 4 is 5.69 Å². The molecule has 1 atom stereocenters. The fraction of sp³-hybridized carbons (Fsp3) is 0.333. The Labute approximate surface area is 127 Å². The van der Waals surface area contributed by atoms with Gasteiger partial charge in [0.05, 0.1) is 6.61 Å². The average molecular weight is 284 g/mol. The molecule has 112 valence electrons. The summed E-state index contributed by atoms with van der Waals surface area (Å²) in [6.45, 7) is 0.758. The van der Waals surface area contributed by atoms with E-state index in [1.54, 1.807) is 0 Å². The van der Waals surface area contributed by atoms with Crippen molar-refractivity contribution in [3.05, 3.63) is 65.7 Å². The first-order valence-electron chi connectivity index (χ1n) is 7.36. The van der Waals surface area contributed by atoms with E-state index in [0.717, 1.165) is 6.42 Å². The zero-order chi connectivity index (χ0) is 15.1. The maximum Gasteiger partial charge on any atom is 0.0556 e. The van der Waals surface area contributed by atoms with E-state index in [9.17, 15) is 0 Å². The summed E-state index contributed by atoms with van der Waals surface area (Å²) in [5.41, 5.74) is 3.74. The lowest BCUT2D eigenvalue weighted by Crippen LogP contribution is -2.26. The number of nitrogens with one attached hydrogen (secondary N) is 1. The number of aliphatic hydroxyl groups is 1. The number of aliphatic hydroxyl groups excluding tert-OH is 1. The smallest absolute Gasteiger partial charge is 0.0556 e. The lowest BCUT2D eigenvalue weighted by atomic mass is 9.98. The van der Waals surface area contributed by atoms with Gasteiger partial charge in [-0.25, -0.2) is 0 Å². The topological polar surface area (TPSA) is 35.5 Å². The molecule has 2 aromatic carbocycles. The molecule has 0 aromatic heterocycles. The van der Waals surface area contributed by atoms with Gasteiger partial charge in [-0.05, 0) is 29.7 Å². The van der Waals surface area contributed by atoms with Crippen LogP contribution in [0.3, 0.4) is 0 Å². The Kier molecular flexibility index (Phi) is 5.78. The van der Waals surface area contributed by atoms with Crippen LogP contribution in [0.2, 0.25) is 0 Å². The molecule has 3 nitrogen and oxygen atoms in total. The van der Waals surface area contributed by atoms with Crippen molar-refractivity contribution < 1.29 is 5.11 Å². The van der Waals surface area contributed by atoms with Crippen molar-refractivity contribution in [2.75, 3.05) is 32.1 Å². The van der Waals surface area contributed by atoms with Crippen LogP contribution in [0, 0.1) is 0 Å². The number of hydrogen-bond donors (Lipinski definition) is 2. The van der Waals surface area contributed by atoms with Gasteiger partial charge in [0.1, 0.15) is 0 Å². The highest BCUT2D eigenvalue weighted by Gasteiger charge is 2.11. The second-order valence-electron chi connectivity index (χ2n) is 5.41. The molecule has 0 aliphatic carbocycles. The Bertz CT molecular complexity index is 523. The average Bonchev–Trinajstić information content (AvgIpc) is 2.52. The van der Waals surface area contributed by atoms with Gasteiger partial charge >= 0.3 is 0 Å². The molecule has 0 heterocycles. The molecule has 0 saturated carbocycles. The van der Waals surface area contributed by atoms with Crippen LogP contribution in [0.5, 0.6) is 0 Å². The number of anilines is 1. The lowest BCUT2D eigenvalue weighted by molar-refractivity contribution is 0.284. The molecule has 0 amide bonds. The van der Waals surface area contributed by atoms with E-state index in [1.807, 2.05) is 20.2 Å². The Balaban J connectivity index is 2.14. The largest absolute Gasteiger partial charge is 0.395 e. The van der Waals surface area contributed by atoms with Crippen LogP contribution in [-0.4, -0.2) is 32.4 Å². The molecule has 0 aliphatic heterocycles. The fourth-order valence-corrected chi connectivity index (χ4v) is 2.40. The first-order valence-corrected chi connectivity index (χ1v) is 7.36. The van der Waals surface area contributed by atoms with E-state index in [0.29, 0.717) is 6.54 Å². The fourth-order valence-electron chi connectivity index (χ4n) is 2.40. The van der Waals surface area contributed by atoms with Crippen LogP contribution in [0.25, 0.3) is 0 Å². The van der Waals surface area contributed by atoms with Crippen LogP contribution < -0.4 is 10.2 Å². The van der Waals surface area contributed by atoms with Crippen molar-refractivity contribution in [3.8, 4) is 0 Å². The summed E-state index contributed by atoms with van der Waals surface area (Å²) in [6, 6.07) is 19.2. The Morgan fingerprint density at radius 2 is 1.67 bits per heavy atom. The molecule has 0 fully saturated rings. The van der Waals surface area contributed by atoms with Gasteiger partial charge in [-0.3, -0.25) is 0 Å². The predicted molar refractivity (Wildman–Crippen MR) is 88.7 cm³/mol. The highest BCUT2D eigenvalue weighted by Crippen LogP contribution is 2.21. The van der Waals surface area contributed by atoms with E-state index in [-0.39, 0.29) is 12.6 Å². The van der Waals surface area contributed by atoms with E-state index in [4.69, 9.17) is 5.11 Å². The molecule has 0 unspecified atom stereocenters. The first kappa shape index (κ1) is 15.5. The van der Waals surface area contributed by atoms with Gasteiger partial charge in [0, 0.05) is 32.4 Å². The number of benzene rings is 2. The molecular weight excluding hydrogens is 260 g/mol. The SMILES string of the molecule is CN(C)c1ccc([C@@H](Cc2ccccc2)NCCO)cc1. The van der Waals surface area contributed by atoms with E-state index in [2.05, 4.69) is 58.7 Å². The standard InChI is InChI=1S/C18H24N2O/c1-20(2)17-10-8-16(9-11-17)18(19-12-13-21)14-15-6-4-3-5-7-15/h3-11,18-19,21H,12-14H2,1-2H3/t18-/m1/s1. The highest BCUT2D eigenvalue weighted by molar-refractivity contribution is 5.46. The normalized spacial score (nSPS) is 12.1. The van der Waals surface area contributed by atoms with Crippen molar-refractivity contribution in [2.24, 2.45) is 0 Å². The summed E-state index contributed by atoms with van der Waals surface area (Å²) in [5, 5.41) is 12.5. The second kappa shape index (κ2) is 7.81. The third-order valence-corrected chi connectivity index (χ3v) is 3.60. The van der Waals surface area contributed by atoms with Crippen LogP contribution in [0.1, 0.15) is 17.2 Å². The molecule has 21 heavy (non-hydrogen) atoms. The number of nitrogens with zero attached hydrogens (tertiary/aromatic N) is 1. The predicted octanol–water partition coefficient (Wildman–Crippen LogP) is 2.62. The summed E-state index contributed by atoms with van der Waals surface area (Å²) in [4.78, 5) is 2.09. The van der Waals surface area contributed by atoms with Gasteiger partial charge in [-0.2, -0.15) is 0 Å². The summed E-state index contributed by atoms with van der Waals surface area (Å²) in [6.07, 6.45) is 0.919. The Morgan fingerprint density at radius 3 is 2.24 bits per heavy atom. The van der Waals surface area contributed by atoms with Crippen LogP contribution >= 0.6 is 0 Å². The zero-order valence-electron chi connectivity index (χ0n) is 12.8. The molecule has 2 N–H and O–H groups in total. The molecular formula is C18H24N2O. The maximum atomic E-state index is 9.08. The zero-order valence-corrected chi connectivity index (χ0v) is 12.8. The lowest BCUT2D eigenvalue weighted by Gasteiger charge is -2.20. The Morgan fingerprint density at radius 1 is 1.00 bits per heavy atom.